The van der Waals surface area contributed by atoms with Crippen molar-refractivity contribution in [2.45, 2.75) is 13.3 Å². The van der Waals surface area contributed by atoms with Crippen LogP contribution < -0.4 is 18.9 Å². The maximum atomic E-state index is 13.5. The van der Waals surface area contributed by atoms with Crippen molar-refractivity contribution in [1.82, 2.24) is 9.80 Å². The van der Waals surface area contributed by atoms with Gasteiger partial charge in [-0.05, 0) is 47.4 Å². The third-order valence-corrected chi connectivity index (χ3v) is 6.76. The van der Waals surface area contributed by atoms with E-state index in [-0.39, 0.29) is 11.8 Å². The molecule has 1 saturated heterocycles. The molecule has 8 heteroatoms. The van der Waals surface area contributed by atoms with Crippen LogP contribution in [0.4, 0.5) is 0 Å². The zero-order valence-corrected chi connectivity index (χ0v) is 23.5. The summed E-state index contributed by atoms with van der Waals surface area (Å²) in [5, 5.41) is 0. The average molecular weight is 545 g/mol. The lowest BCUT2D eigenvalue weighted by molar-refractivity contribution is -0.127. The number of methoxy groups -OCH3 is 3. The number of piperazine rings is 1. The number of carbonyl (C=O) groups is 2. The van der Waals surface area contributed by atoms with Crippen LogP contribution in [-0.4, -0.2) is 75.7 Å². The Labute approximate surface area is 235 Å². The molecule has 0 unspecified atom stereocenters. The second kappa shape index (κ2) is 13.6. The van der Waals surface area contributed by atoms with E-state index in [0.717, 1.165) is 28.9 Å². The highest BCUT2D eigenvalue weighted by atomic mass is 16.5. The molecule has 0 N–H and O–H groups in total. The van der Waals surface area contributed by atoms with Crippen molar-refractivity contribution >= 4 is 17.4 Å². The van der Waals surface area contributed by atoms with Gasteiger partial charge in [0.15, 0.2) is 11.5 Å². The Morgan fingerprint density at radius 1 is 0.750 bits per heavy atom. The van der Waals surface area contributed by atoms with Gasteiger partial charge in [-0.3, -0.25) is 9.59 Å². The molecule has 4 rings (SSSR count). The number of hydrogen-bond donors (Lipinski definition) is 0. The van der Waals surface area contributed by atoms with Crippen LogP contribution in [0.3, 0.4) is 0 Å². The van der Waals surface area contributed by atoms with Crippen LogP contribution in [0.2, 0.25) is 0 Å². The van der Waals surface area contributed by atoms with Gasteiger partial charge in [-0.2, -0.15) is 0 Å². The molecule has 1 fully saturated rings. The fraction of sp³-hybridized carbons (Fsp3) is 0.312. The summed E-state index contributed by atoms with van der Waals surface area (Å²) in [4.78, 5) is 30.3. The van der Waals surface area contributed by atoms with Crippen molar-refractivity contribution in [3.8, 4) is 23.0 Å². The van der Waals surface area contributed by atoms with Crippen LogP contribution in [0.15, 0.2) is 72.8 Å². The first-order chi connectivity index (χ1) is 19.5. The summed E-state index contributed by atoms with van der Waals surface area (Å²) < 4.78 is 22.0. The summed E-state index contributed by atoms with van der Waals surface area (Å²) in [6.45, 7) is 4.37. The van der Waals surface area contributed by atoms with Gasteiger partial charge in [0.2, 0.25) is 11.7 Å². The molecule has 40 heavy (non-hydrogen) atoms. The van der Waals surface area contributed by atoms with E-state index >= 15 is 0 Å². The molecular weight excluding hydrogens is 508 g/mol. The van der Waals surface area contributed by atoms with Crippen molar-refractivity contribution in [1.29, 1.82) is 0 Å². The van der Waals surface area contributed by atoms with E-state index in [0.29, 0.717) is 55.6 Å². The first-order valence-corrected chi connectivity index (χ1v) is 13.4. The highest BCUT2D eigenvalue weighted by molar-refractivity contribution is 6.00. The van der Waals surface area contributed by atoms with Crippen molar-refractivity contribution in [2.75, 3.05) is 54.1 Å². The van der Waals surface area contributed by atoms with Crippen molar-refractivity contribution in [2.24, 2.45) is 0 Å². The van der Waals surface area contributed by atoms with Crippen LogP contribution in [0.25, 0.3) is 5.57 Å². The third kappa shape index (κ3) is 6.57. The molecule has 0 spiro atoms. The molecule has 3 aromatic carbocycles. The van der Waals surface area contributed by atoms with Crippen LogP contribution in [0.1, 0.15) is 34.8 Å². The SMILES string of the molecule is CCCOc1cccc(/C(=C\C(=O)N2CCN(C(=O)c3cc(OC)c(OC)c(OC)c3)CC2)c2ccccc2)c1. The molecule has 210 valence electrons. The Morgan fingerprint density at radius 2 is 1.38 bits per heavy atom. The molecule has 1 heterocycles. The number of benzene rings is 3. The van der Waals surface area contributed by atoms with Gasteiger partial charge in [0, 0.05) is 37.8 Å². The van der Waals surface area contributed by atoms with Gasteiger partial charge in [0.05, 0.1) is 27.9 Å². The summed E-state index contributed by atoms with van der Waals surface area (Å²) in [6, 6.07) is 21.0. The fourth-order valence-corrected chi connectivity index (χ4v) is 4.66. The second-order valence-corrected chi connectivity index (χ2v) is 9.33. The summed E-state index contributed by atoms with van der Waals surface area (Å²) in [5.74, 6) is 1.78. The summed E-state index contributed by atoms with van der Waals surface area (Å²) in [7, 11) is 4.55. The van der Waals surface area contributed by atoms with Crippen LogP contribution >= 0.6 is 0 Å². The minimum Gasteiger partial charge on any atom is -0.494 e. The van der Waals surface area contributed by atoms with Crippen LogP contribution in [-0.2, 0) is 4.79 Å². The predicted octanol–water partition coefficient (Wildman–Crippen LogP) is 4.92. The van der Waals surface area contributed by atoms with Gasteiger partial charge < -0.3 is 28.7 Å². The van der Waals surface area contributed by atoms with E-state index < -0.39 is 0 Å². The average Bonchev–Trinajstić information content (AvgIpc) is 3.01. The molecule has 1 aliphatic rings. The molecule has 1 aliphatic heterocycles. The lowest BCUT2D eigenvalue weighted by Gasteiger charge is -2.34. The Balaban J connectivity index is 1.51. The van der Waals surface area contributed by atoms with Crippen molar-refractivity contribution in [3.63, 3.8) is 0 Å². The highest BCUT2D eigenvalue weighted by Crippen LogP contribution is 2.38. The van der Waals surface area contributed by atoms with Crippen molar-refractivity contribution in [3.05, 3.63) is 89.5 Å². The van der Waals surface area contributed by atoms with Gasteiger partial charge in [0.1, 0.15) is 5.75 Å². The first-order valence-electron chi connectivity index (χ1n) is 13.4. The number of amides is 2. The molecule has 3 aromatic rings. The second-order valence-electron chi connectivity index (χ2n) is 9.33. The third-order valence-electron chi connectivity index (χ3n) is 6.76. The summed E-state index contributed by atoms with van der Waals surface area (Å²) >= 11 is 0. The summed E-state index contributed by atoms with van der Waals surface area (Å²) in [6.07, 6.45) is 2.60. The van der Waals surface area contributed by atoms with E-state index in [9.17, 15) is 9.59 Å². The lowest BCUT2D eigenvalue weighted by atomic mass is 9.97. The number of nitrogens with zero attached hydrogens (tertiary/aromatic N) is 2. The minimum atomic E-state index is -0.157. The van der Waals surface area contributed by atoms with Gasteiger partial charge in [-0.25, -0.2) is 0 Å². The molecule has 0 saturated carbocycles. The van der Waals surface area contributed by atoms with Crippen LogP contribution in [0.5, 0.6) is 23.0 Å². The number of rotatable bonds is 10. The summed E-state index contributed by atoms with van der Waals surface area (Å²) in [5.41, 5.74) is 3.11. The molecule has 0 radical (unpaired) electrons. The fourth-order valence-electron chi connectivity index (χ4n) is 4.66. The normalized spacial score (nSPS) is 13.6. The topological polar surface area (TPSA) is 77.5 Å². The van der Waals surface area contributed by atoms with E-state index in [1.807, 2.05) is 54.6 Å². The smallest absolute Gasteiger partial charge is 0.254 e. The minimum absolute atomic E-state index is 0.0985. The molecular formula is C32H36N2O6. The Kier molecular flexibility index (Phi) is 9.67. The number of carbonyl (C=O) groups excluding carboxylic acids is 2. The van der Waals surface area contributed by atoms with Gasteiger partial charge >= 0.3 is 0 Å². The monoisotopic (exact) mass is 544 g/mol. The standard InChI is InChI=1S/C32H36N2O6/c1-5-18-40-26-13-9-12-24(19-26)27(23-10-7-6-8-11-23)22-30(35)33-14-16-34(17-15-33)32(36)25-20-28(37-2)31(39-4)29(21-25)38-3/h6-13,19-22H,5,14-18H2,1-4H3/b27-22-. The van der Waals surface area contributed by atoms with Gasteiger partial charge in [-0.1, -0.05) is 49.4 Å². The first kappa shape index (κ1) is 28.5. The van der Waals surface area contributed by atoms with Gasteiger partial charge in [-0.15, -0.1) is 0 Å². The number of ether oxygens (including phenoxy) is 4. The highest BCUT2D eigenvalue weighted by Gasteiger charge is 2.26. The molecule has 0 aromatic heterocycles. The molecule has 0 aliphatic carbocycles. The number of hydrogen-bond acceptors (Lipinski definition) is 6. The largest absolute Gasteiger partial charge is 0.494 e. The lowest BCUT2D eigenvalue weighted by Crippen LogP contribution is -2.50. The van der Waals surface area contributed by atoms with E-state index in [2.05, 4.69) is 6.92 Å². The molecule has 2 amide bonds. The zero-order valence-electron chi connectivity index (χ0n) is 23.5. The Hall–Kier alpha value is -4.46. The Bertz CT molecular complexity index is 1320. The predicted molar refractivity (Wildman–Crippen MR) is 154 cm³/mol. The Morgan fingerprint density at radius 3 is 1.98 bits per heavy atom. The van der Waals surface area contributed by atoms with Crippen LogP contribution in [0, 0.1) is 0 Å². The van der Waals surface area contributed by atoms with Crippen molar-refractivity contribution < 1.29 is 28.5 Å². The van der Waals surface area contributed by atoms with E-state index in [1.165, 1.54) is 21.3 Å². The molecule has 0 bridgehead atoms. The van der Waals surface area contributed by atoms with E-state index in [1.54, 1.807) is 28.0 Å². The zero-order chi connectivity index (χ0) is 28.5. The van der Waals surface area contributed by atoms with Gasteiger partial charge in [0.25, 0.3) is 5.91 Å². The quantitative estimate of drug-likeness (QED) is 0.338. The maximum Gasteiger partial charge on any atom is 0.254 e. The van der Waals surface area contributed by atoms with E-state index in [4.69, 9.17) is 18.9 Å². The maximum absolute atomic E-state index is 13.5. The molecule has 0 atom stereocenters. The molecule has 8 nitrogen and oxygen atoms in total.